The van der Waals surface area contributed by atoms with Crippen LogP contribution in [0.15, 0.2) is 28.8 Å². The van der Waals surface area contributed by atoms with E-state index in [1.54, 1.807) is 0 Å². The van der Waals surface area contributed by atoms with Gasteiger partial charge in [0.25, 0.3) is 0 Å². The topological polar surface area (TPSA) is 71.3 Å². The van der Waals surface area contributed by atoms with E-state index in [4.69, 9.17) is 4.52 Å². The lowest BCUT2D eigenvalue weighted by Gasteiger charge is -2.30. The predicted octanol–water partition coefficient (Wildman–Crippen LogP) is 3.99. The van der Waals surface area contributed by atoms with E-state index in [1.807, 2.05) is 19.1 Å². The van der Waals surface area contributed by atoms with E-state index in [2.05, 4.69) is 53.3 Å². The van der Waals surface area contributed by atoms with Gasteiger partial charge < -0.3 is 14.7 Å². The van der Waals surface area contributed by atoms with Crippen LogP contribution in [0.3, 0.4) is 0 Å². The van der Waals surface area contributed by atoms with Crippen LogP contribution < -0.4 is 10.2 Å². The van der Waals surface area contributed by atoms with Crippen molar-refractivity contribution in [3.05, 3.63) is 29.8 Å². The first kappa shape index (κ1) is 19.4. The summed E-state index contributed by atoms with van der Waals surface area (Å²) in [6.45, 7) is 9.99. The molecule has 0 radical (unpaired) electrons. The molecule has 2 aromatic rings. The summed E-state index contributed by atoms with van der Waals surface area (Å²) < 4.78 is 5.48. The van der Waals surface area contributed by atoms with Crippen LogP contribution in [0.4, 0.5) is 6.01 Å². The molecule has 1 aromatic heterocycles. The fraction of sp³-hybridized carbons (Fsp3) is 0.571. The van der Waals surface area contributed by atoms with Crippen LogP contribution in [0.5, 0.6) is 0 Å². The van der Waals surface area contributed by atoms with E-state index in [0.29, 0.717) is 17.8 Å². The molecule has 1 aliphatic heterocycles. The minimum atomic E-state index is 0.0706. The number of carbonyl (C=O) groups excluding carboxylic acids is 1. The molecule has 3 rings (SSSR count). The number of piperidine rings is 1. The third kappa shape index (κ3) is 4.67. The van der Waals surface area contributed by atoms with Crippen molar-refractivity contribution in [3.8, 4) is 11.4 Å². The highest BCUT2D eigenvalue weighted by atomic mass is 16.5. The Morgan fingerprint density at radius 3 is 2.48 bits per heavy atom. The quantitative estimate of drug-likeness (QED) is 0.832. The van der Waals surface area contributed by atoms with Gasteiger partial charge >= 0.3 is 6.01 Å². The number of amides is 1. The Morgan fingerprint density at radius 2 is 1.89 bits per heavy atom. The number of rotatable bonds is 6. The van der Waals surface area contributed by atoms with Crippen molar-refractivity contribution in [2.24, 2.45) is 5.92 Å². The number of hydrogen-bond donors (Lipinski definition) is 1. The van der Waals surface area contributed by atoms with Gasteiger partial charge in [-0.3, -0.25) is 4.79 Å². The molecule has 1 amide bonds. The highest BCUT2D eigenvalue weighted by Crippen LogP contribution is 2.26. The second-order valence-corrected chi connectivity index (χ2v) is 7.76. The largest absolute Gasteiger partial charge is 0.353 e. The average Bonchev–Trinajstić information content (AvgIpc) is 3.18. The van der Waals surface area contributed by atoms with Crippen molar-refractivity contribution in [2.45, 2.75) is 58.9 Å². The molecule has 6 nitrogen and oxygen atoms in total. The first-order valence-corrected chi connectivity index (χ1v) is 9.97. The maximum atomic E-state index is 12.3. The number of hydrogen-bond acceptors (Lipinski definition) is 5. The molecule has 2 heterocycles. The molecule has 1 fully saturated rings. The Balaban J connectivity index is 1.59. The van der Waals surface area contributed by atoms with Crippen molar-refractivity contribution in [2.75, 3.05) is 18.0 Å². The van der Waals surface area contributed by atoms with Gasteiger partial charge in [0.15, 0.2) is 0 Å². The summed E-state index contributed by atoms with van der Waals surface area (Å²) in [7, 11) is 0. The van der Waals surface area contributed by atoms with Crippen LogP contribution in [0.2, 0.25) is 0 Å². The molecule has 0 aliphatic carbocycles. The van der Waals surface area contributed by atoms with Gasteiger partial charge in [-0.05, 0) is 37.7 Å². The fourth-order valence-electron chi connectivity index (χ4n) is 3.27. The fourth-order valence-corrected chi connectivity index (χ4v) is 3.27. The number of anilines is 1. The van der Waals surface area contributed by atoms with E-state index in [1.165, 1.54) is 5.56 Å². The minimum Gasteiger partial charge on any atom is -0.353 e. The van der Waals surface area contributed by atoms with Gasteiger partial charge in [-0.15, -0.1) is 0 Å². The molecule has 146 valence electrons. The Morgan fingerprint density at radius 1 is 1.22 bits per heavy atom. The zero-order valence-corrected chi connectivity index (χ0v) is 16.7. The summed E-state index contributed by atoms with van der Waals surface area (Å²) in [5, 5.41) is 7.22. The Bertz CT molecular complexity index is 746. The average molecular weight is 370 g/mol. The molecular formula is C21H30N4O2. The van der Waals surface area contributed by atoms with Crippen LogP contribution >= 0.6 is 0 Å². The number of carbonyl (C=O) groups is 1. The molecule has 0 saturated carbocycles. The van der Waals surface area contributed by atoms with Crippen LogP contribution in [0.1, 0.15) is 58.4 Å². The molecule has 27 heavy (non-hydrogen) atoms. The Labute approximate surface area is 161 Å². The van der Waals surface area contributed by atoms with Crippen molar-refractivity contribution < 1.29 is 9.32 Å². The van der Waals surface area contributed by atoms with Gasteiger partial charge in [0, 0.05) is 30.6 Å². The van der Waals surface area contributed by atoms with Crippen LogP contribution in [0.25, 0.3) is 11.4 Å². The molecule has 1 atom stereocenters. The first-order chi connectivity index (χ1) is 13.0. The van der Waals surface area contributed by atoms with Gasteiger partial charge in [0.2, 0.25) is 11.7 Å². The molecule has 0 unspecified atom stereocenters. The monoisotopic (exact) mass is 370 g/mol. The zero-order valence-electron chi connectivity index (χ0n) is 16.7. The SMILES string of the molecule is CC[C@H](C)NC(=O)C1CCN(c2nc(-c3ccc(C(C)C)cc3)no2)CC1. The van der Waals surface area contributed by atoms with Crippen LogP contribution in [-0.2, 0) is 4.79 Å². The zero-order chi connectivity index (χ0) is 19.4. The molecular weight excluding hydrogens is 340 g/mol. The third-order valence-corrected chi connectivity index (χ3v) is 5.39. The number of aromatic nitrogens is 2. The molecule has 0 spiro atoms. The number of nitrogens with zero attached hydrogens (tertiary/aromatic N) is 3. The van der Waals surface area contributed by atoms with Gasteiger partial charge in [-0.1, -0.05) is 50.2 Å². The van der Waals surface area contributed by atoms with E-state index in [9.17, 15) is 4.79 Å². The van der Waals surface area contributed by atoms with E-state index in [-0.39, 0.29) is 17.9 Å². The van der Waals surface area contributed by atoms with Crippen LogP contribution in [0, 0.1) is 5.92 Å². The minimum absolute atomic E-state index is 0.0706. The summed E-state index contributed by atoms with van der Waals surface area (Å²) in [4.78, 5) is 18.9. The van der Waals surface area contributed by atoms with E-state index >= 15 is 0 Å². The Kier molecular flexibility index (Phi) is 6.14. The van der Waals surface area contributed by atoms with Gasteiger partial charge in [0.05, 0.1) is 0 Å². The van der Waals surface area contributed by atoms with Crippen molar-refractivity contribution in [1.29, 1.82) is 0 Å². The highest BCUT2D eigenvalue weighted by molar-refractivity contribution is 5.79. The summed E-state index contributed by atoms with van der Waals surface area (Å²) in [5.74, 6) is 1.34. The molecule has 1 saturated heterocycles. The predicted molar refractivity (Wildman–Crippen MR) is 107 cm³/mol. The summed E-state index contributed by atoms with van der Waals surface area (Å²) in [5.41, 5.74) is 2.25. The third-order valence-electron chi connectivity index (χ3n) is 5.39. The molecule has 1 aliphatic rings. The molecule has 1 N–H and O–H groups in total. The second-order valence-electron chi connectivity index (χ2n) is 7.76. The standard InChI is InChI=1S/C21H30N4O2/c1-5-15(4)22-20(26)18-10-12-25(13-11-18)21-23-19(24-27-21)17-8-6-16(7-9-17)14(2)3/h6-9,14-15,18H,5,10-13H2,1-4H3,(H,22,26)/t15-/m0/s1. The Hall–Kier alpha value is -2.37. The van der Waals surface area contributed by atoms with Gasteiger partial charge in [-0.25, -0.2) is 0 Å². The van der Waals surface area contributed by atoms with Gasteiger partial charge in [0.1, 0.15) is 0 Å². The lowest BCUT2D eigenvalue weighted by molar-refractivity contribution is -0.126. The summed E-state index contributed by atoms with van der Waals surface area (Å²) in [6.07, 6.45) is 2.57. The molecule has 0 bridgehead atoms. The normalized spacial score (nSPS) is 16.6. The summed E-state index contributed by atoms with van der Waals surface area (Å²) >= 11 is 0. The second kappa shape index (κ2) is 8.55. The summed E-state index contributed by atoms with van der Waals surface area (Å²) in [6, 6.07) is 9.06. The maximum Gasteiger partial charge on any atom is 0.324 e. The first-order valence-electron chi connectivity index (χ1n) is 9.97. The van der Waals surface area contributed by atoms with Crippen molar-refractivity contribution in [1.82, 2.24) is 15.5 Å². The van der Waals surface area contributed by atoms with E-state index in [0.717, 1.165) is 37.9 Å². The van der Waals surface area contributed by atoms with Gasteiger partial charge in [-0.2, -0.15) is 4.98 Å². The van der Waals surface area contributed by atoms with Crippen molar-refractivity contribution in [3.63, 3.8) is 0 Å². The lowest BCUT2D eigenvalue weighted by atomic mass is 9.96. The number of benzene rings is 1. The van der Waals surface area contributed by atoms with Crippen molar-refractivity contribution >= 4 is 11.9 Å². The smallest absolute Gasteiger partial charge is 0.324 e. The highest BCUT2D eigenvalue weighted by Gasteiger charge is 2.28. The molecule has 6 heteroatoms. The maximum absolute atomic E-state index is 12.3. The molecule has 1 aromatic carbocycles. The van der Waals surface area contributed by atoms with Crippen LogP contribution in [-0.4, -0.2) is 35.2 Å². The van der Waals surface area contributed by atoms with E-state index < -0.39 is 0 Å². The lowest BCUT2D eigenvalue weighted by Crippen LogP contribution is -2.43. The number of nitrogens with one attached hydrogen (secondary N) is 1.